The summed E-state index contributed by atoms with van der Waals surface area (Å²) in [5.41, 5.74) is 3.92. The number of rotatable bonds is 4. The Morgan fingerprint density at radius 2 is 1.95 bits per heavy atom. The van der Waals surface area contributed by atoms with Gasteiger partial charge in [0.15, 0.2) is 0 Å². The summed E-state index contributed by atoms with van der Waals surface area (Å²) in [6.07, 6.45) is 0. The van der Waals surface area contributed by atoms with Crippen molar-refractivity contribution in [2.24, 2.45) is 0 Å². The van der Waals surface area contributed by atoms with Gasteiger partial charge < -0.3 is 5.32 Å². The van der Waals surface area contributed by atoms with Gasteiger partial charge in [-0.15, -0.1) is 0 Å². The van der Waals surface area contributed by atoms with Crippen LogP contribution < -0.4 is 5.32 Å². The van der Waals surface area contributed by atoms with Gasteiger partial charge in [-0.1, -0.05) is 23.8 Å². The number of aromatic nitrogens is 3. The lowest BCUT2D eigenvalue weighted by molar-refractivity contribution is 0.457. The Hall–Kier alpha value is -1.68. The molecule has 4 heteroatoms. The molecule has 1 atom stereocenters. The lowest BCUT2D eigenvalue weighted by Crippen LogP contribution is -2.24. The third-order valence-corrected chi connectivity index (χ3v) is 3.48. The van der Waals surface area contributed by atoms with Gasteiger partial charge in [0.2, 0.25) is 0 Å². The minimum Gasteiger partial charge on any atom is -0.311 e. The maximum atomic E-state index is 4.44. The minimum absolute atomic E-state index is 0.250. The van der Waals surface area contributed by atoms with Gasteiger partial charge in [0.1, 0.15) is 11.6 Å². The molecule has 0 bridgehead atoms. The monoisotopic (exact) mass is 258 g/mol. The highest BCUT2D eigenvalue weighted by Crippen LogP contribution is 2.20. The molecule has 0 aliphatic rings. The zero-order chi connectivity index (χ0) is 14.0. The lowest BCUT2D eigenvalue weighted by atomic mass is 9.99. The van der Waals surface area contributed by atoms with Crippen molar-refractivity contribution in [3.63, 3.8) is 0 Å². The second-order valence-corrected chi connectivity index (χ2v) is 5.09. The molecule has 1 aromatic heterocycles. The maximum Gasteiger partial charge on any atom is 0.147 e. The molecule has 0 saturated carbocycles. The zero-order valence-electron chi connectivity index (χ0n) is 12.4. The van der Waals surface area contributed by atoms with Crippen LogP contribution in [0, 0.1) is 27.7 Å². The third-order valence-electron chi connectivity index (χ3n) is 3.48. The topological polar surface area (TPSA) is 42.7 Å². The Morgan fingerprint density at radius 1 is 1.21 bits per heavy atom. The second-order valence-electron chi connectivity index (χ2n) is 5.09. The summed E-state index contributed by atoms with van der Waals surface area (Å²) >= 11 is 0. The summed E-state index contributed by atoms with van der Waals surface area (Å²) in [6.45, 7) is 9.00. The van der Waals surface area contributed by atoms with E-state index in [4.69, 9.17) is 0 Å². The van der Waals surface area contributed by atoms with E-state index in [1.807, 2.05) is 25.6 Å². The van der Waals surface area contributed by atoms with Gasteiger partial charge in [-0.25, -0.2) is 9.67 Å². The summed E-state index contributed by atoms with van der Waals surface area (Å²) in [5.74, 6) is 1.79. The summed E-state index contributed by atoms with van der Waals surface area (Å²) in [4.78, 5) is 4.36. The van der Waals surface area contributed by atoms with E-state index in [0.717, 1.165) is 18.2 Å². The second kappa shape index (κ2) is 5.53. The average Bonchev–Trinajstić information content (AvgIpc) is 2.68. The third kappa shape index (κ3) is 3.01. The average molecular weight is 258 g/mol. The number of hydrogen-bond donors (Lipinski definition) is 1. The summed E-state index contributed by atoms with van der Waals surface area (Å²) in [6, 6.07) is 6.82. The lowest BCUT2D eigenvalue weighted by Gasteiger charge is -2.20. The summed E-state index contributed by atoms with van der Waals surface area (Å²) in [5, 5.41) is 7.82. The van der Waals surface area contributed by atoms with Crippen LogP contribution in [-0.2, 0) is 6.54 Å². The van der Waals surface area contributed by atoms with E-state index in [9.17, 15) is 0 Å². The molecule has 0 radical (unpaired) electrons. The predicted octanol–water partition coefficient (Wildman–Crippen LogP) is 2.47. The highest BCUT2D eigenvalue weighted by atomic mass is 15.3. The Morgan fingerprint density at radius 3 is 2.53 bits per heavy atom. The van der Waals surface area contributed by atoms with Gasteiger partial charge >= 0.3 is 0 Å². The number of likely N-dealkylation sites (N-methyl/N-ethyl adjacent to an activating group) is 1. The molecule has 0 spiro atoms. The van der Waals surface area contributed by atoms with E-state index < -0.39 is 0 Å². The van der Waals surface area contributed by atoms with Crippen molar-refractivity contribution in [3.05, 3.63) is 46.5 Å². The smallest absolute Gasteiger partial charge is 0.147 e. The zero-order valence-corrected chi connectivity index (χ0v) is 12.4. The van der Waals surface area contributed by atoms with Crippen LogP contribution in [0.3, 0.4) is 0 Å². The van der Waals surface area contributed by atoms with Crippen molar-refractivity contribution in [3.8, 4) is 0 Å². The van der Waals surface area contributed by atoms with Gasteiger partial charge in [0.25, 0.3) is 0 Å². The summed E-state index contributed by atoms with van der Waals surface area (Å²) in [7, 11) is 1.99. The van der Waals surface area contributed by atoms with Crippen LogP contribution >= 0.6 is 0 Å². The number of nitrogens with one attached hydrogen (secondary N) is 1. The van der Waals surface area contributed by atoms with Gasteiger partial charge in [-0.05, 0) is 45.9 Å². The molecule has 0 saturated heterocycles. The van der Waals surface area contributed by atoms with Crippen LogP contribution in [0.5, 0.6) is 0 Å². The Labute approximate surface area is 114 Å². The molecule has 102 valence electrons. The predicted molar refractivity (Wildman–Crippen MR) is 77.2 cm³/mol. The van der Waals surface area contributed by atoms with Crippen molar-refractivity contribution >= 4 is 0 Å². The van der Waals surface area contributed by atoms with Gasteiger partial charge in [0.05, 0.1) is 12.6 Å². The number of hydrogen-bond acceptors (Lipinski definition) is 3. The SMILES string of the molecule is CNC(Cn1nc(C)nc1C)c1cc(C)ccc1C. The Bertz CT molecular complexity index is 572. The van der Waals surface area contributed by atoms with Gasteiger partial charge in [0, 0.05) is 0 Å². The van der Waals surface area contributed by atoms with Crippen molar-refractivity contribution in [1.82, 2.24) is 20.1 Å². The van der Waals surface area contributed by atoms with E-state index in [0.29, 0.717) is 0 Å². The quantitative estimate of drug-likeness (QED) is 0.916. The van der Waals surface area contributed by atoms with E-state index >= 15 is 0 Å². The molecule has 1 aromatic carbocycles. The molecule has 1 unspecified atom stereocenters. The summed E-state index contributed by atoms with van der Waals surface area (Å²) < 4.78 is 1.97. The van der Waals surface area contributed by atoms with Crippen LogP contribution in [0.4, 0.5) is 0 Å². The Balaban J connectivity index is 2.30. The van der Waals surface area contributed by atoms with Crippen molar-refractivity contribution in [2.45, 2.75) is 40.3 Å². The molecular formula is C15H22N4. The normalized spacial score (nSPS) is 12.7. The highest BCUT2D eigenvalue weighted by Gasteiger charge is 2.15. The van der Waals surface area contributed by atoms with Crippen molar-refractivity contribution in [2.75, 3.05) is 7.05 Å². The highest BCUT2D eigenvalue weighted by molar-refractivity contribution is 5.33. The molecule has 1 N–H and O–H groups in total. The van der Waals surface area contributed by atoms with Crippen LogP contribution in [0.15, 0.2) is 18.2 Å². The first-order chi connectivity index (χ1) is 9.01. The molecule has 0 fully saturated rings. The van der Waals surface area contributed by atoms with E-state index in [-0.39, 0.29) is 6.04 Å². The van der Waals surface area contributed by atoms with Crippen LogP contribution in [0.1, 0.15) is 34.4 Å². The van der Waals surface area contributed by atoms with Crippen LogP contribution in [0.2, 0.25) is 0 Å². The molecule has 0 aliphatic carbocycles. The molecule has 0 aliphatic heterocycles. The first-order valence-corrected chi connectivity index (χ1v) is 6.63. The number of aryl methyl sites for hydroxylation is 4. The fourth-order valence-electron chi connectivity index (χ4n) is 2.39. The largest absolute Gasteiger partial charge is 0.311 e. The molecule has 4 nitrogen and oxygen atoms in total. The molecule has 1 heterocycles. The fourth-order valence-corrected chi connectivity index (χ4v) is 2.39. The van der Waals surface area contributed by atoms with Gasteiger partial charge in [-0.2, -0.15) is 5.10 Å². The number of nitrogens with zero attached hydrogens (tertiary/aromatic N) is 3. The first kappa shape index (κ1) is 13.7. The minimum atomic E-state index is 0.250. The molecule has 0 amide bonds. The molecule has 2 rings (SSSR count). The van der Waals surface area contributed by atoms with E-state index in [1.165, 1.54) is 16.7 Å². The molecule has 2 aromatic rings. The van der Waals surface area contributed by atoms with Gasteiger partial charge in [-0.3, -0.25) is 0 Å². The maximum absolute atomic E-state index is 4.44. The molecular weight excluding hydrogens is 236 g/mol. The van der Waals surface area contributed by atoms with Crippen molar-refractivity contribution < 1.29 is 0 Å². The van der Waals surface area contributed by atoms with Crippen molar-refractivity contribution in [1.29, 1.82) is 0 Å². The number of benzene rings is 1. The van der Waals surface area contributed by atoms with E-state index in [2.05, 4.69) is 47.4 Å². The van der Waals surface area contributed by atoms with Crippen LogP contribution in [0.25, 0.3) is 0 Å². The fraction of sp³-hybridized carbons (Fsp3) is 0.467. The van der Waals surface area contributed by atoms with E-state index in [1.54, 1.807) is 0 Å². The Kier molecular flexibility index (Phi) is 4.00. The standard InChI is InChI=1S/C15H22N4/c1-10-6-7-11(2)14(8-10)15(16-5)9-19-13(4)17-12(3)18-19/h6-8,15-16H,9H2,1-5H3. The molecule has 19 heavy (non-hydrogen) atoms. The first-order valence-electron chi connectivity index (χ1n) is 6.63. The van der Waals surface area contributed by atoms with Crippen LogP contribution in [-0.4, -0.2) is 21.8 Å².